The van der Waals surface area contributed by atoms with Gasteiger partial charge in [0.2, 0.25) is 5.91 Å². The lowest BCUT2D eigenvalue weighted by Crippen LogP contribution is -2.19. The second-order valence-corrected chi connectivity index (χ2v) is 6.41. The van der Waals surface area contributed by atoms with Crippen molar-refractivity contribution in [2.45, 2.75) is 31.6 Å². The number of imidazole rings is 1. The third kappa shape index (κ3) is 2.82. The average Bonchev–Trinajstić information content (AvgIpc) is 3.13. The lowest BCUT2D eigenvalue weighted by Gasteiger charge is -2.07. The highest BCUT2D eigenvalue weighted by molar-refractivity contribution is 6.30. The van der Waals surface area contributed by atoms with Crippen LogP contribution >= 0.6 is 11.6 Å². The van der Waals surface area contributed by atoms with Gasteiger partial charge in [-0.2, -0.15) is 5.10 Å². The number of hydrogen-bond donors (Lipinski definition) is 2. The molecule has 1 atom stereocenters. The Morgan fingerprint density at radius 3 is 3.04 bits per heavy atom. The second-order valence-electron chi connectivity index (χ2n) is 5.97. The van der Waals surface area contributed by atoms with Gasteiger partial charge in [0.25, 0.3) is 0 Å². The van der Waals surface area contributed by atoms with Gasteiger partial charge in [0.1, 0.15) is 11.5 Å². The van der Waals surface area contributed by atoms with E-state index in [4.69, 9.17) is 11.6 Å². The minimum absolute atomic E-state index is 0.120. The predicted octanol–water partition coefficient (Wildman–Crippen LogP) is 3.33. The number of hydrogen-bond acceptors (Lipinski definition) is 3. The van der Waals surface area contributed by atoms with Gasteiger partial charge in [0.15, 0.2) is 0 Å². The van der Waals surface area contributed by atoms with Crippen LogP contribution in [0.5, 0.6) is 0 Å². The molecule has 1 fully saturated rings. The number of carbonyl (C=O) groups excluding carboxylic acids is 1. The first-order chi connectivity index (χ1) is 11.1. The molecule has 23 heavy (non-hydrogen) atoms. The molecule has 3 heterocycles. The van der Waals surface area contributed by atoms with Crippen molar-refractivity contribution < 1.29 is 4.79 Å². The Morgan fingerprint density at radius 1 is 1.43 bits per heavy atom. The molecule has 3 aromatic rings. The van der Waals surface area contributed by atoms with E-state index in [0.717, 1.165) is 11.3 Å². The summed E-state index contributed by atoms with van der Waals surface area (Å²) < 4.78 is 1.82. The topological polar surface area (TPSA) is 75.1 Å². The average molecular weight is 330 g/mol. The van der Waals surface area contributed by atoms with Crippen molar-refractivity contribution in [3.63, 3.8) is 0 Å². The van der Waals surface area contributed by atoms with E-state index in [0.29, 0.717) is 22.5 Å². The fraction of sp³-hybridized carbons (Fsp3) is 0.312. The van der Waals surface area contributed by atoms with Crippen LogP contribution < -0.4 is 5.32 Å². The molecule has 3 aromatic heterocycles. The van der Waals surface area contributed by atoms with Gasteiger partial charge in [-0.05, 0) is 31.9 Å². The molecular weight excluding hydrogens is 314 g/mol. The van der Waals surface area contributed by atoms with Crippen LogP contribution in [0, 0.1) is 0 Å². The van der Waals surface area contributed by atoms with Gasteiger partial charge in [-0.15, -0.1) is 0 Å². The molecule has 7 heteroatoms. The lowest BCUT2D eigenvalue weighted by atomic mass is 10.1. The number of halogens is 1. The van der Waals surface area contributed by atoms with Crippen molar-refractivity contribution in [1.29, 1.82) is 0 Å². The van der Waals surface area contributed by atoms with Crippen LogP contribution in [0.4, 0.5) is 5.82 Å². The van der Waals surface area contributed by atoms with Crippen molar-refractivity contribution in [1.82, 2.24) is 19.6 Å². The van der Waals surface area contributed by atoms with E-state index < -0.39 is 0 Å². The van der Waals surface area contributed by atoms with Crippen LogP contribution in [-0.2, 0) is 4.79 Å². The molecule has 6 nitrogen and oxygen atoms in total. The van der Waals surface area contributed by atoms with E-state index in [2.05, 4.69) is 20.5 Å². The number of anilines is 1. The molecule has 0 bridgehead atoms. The Bertz CT molecular complexity index is 880. The van der Waals surface area contributed by atoms with Crippen molar-refractivity contribution in [2.24, 2.45) is 0 Å². The zero-order chi connectivity index (χ0) is 16.0. The summed E-state index contributed by atoms with van der Waals surface area (Å²) in [6.07, 6.45) is 5.96. The van der Waals surface area contributed by atoms with Crippen molar-refractivity contribution in [3.05, 3.63) is 47.0 Å². The number of rotatable bonds is 4. The molecule has 4 rings (SSSR count). The quantitative estimate of drug-likeness (QED) is 0.771. The highest BCUT2D eigenvalue weighted by atomic mass is 35.5. The number of amides is 1. The van der Waals surface area contributed by atoms with Crippen LogP contribution in [0.2, 0.25) is 5.02 Å². The Kier molecular flexibility index (Phi) is 3.34. The molecule has 2 N–H and O–H groups in total. The number of nitrogens with zero attached hydrogens (tertiary/aromatic N) is 3. The van der Waals surface area contributed by atoms with Gasteiger partial charge in [-0.1, -0.05) is 11.6 Å². The van der Waals surface area contributed by atoms with Crippen molar-refractivity contribution >= 4 is 29.0 Å². The van der Waals surface area contributed by atoms with Crippen LogP contribution in [0.1, 0.15) is 43.0 Å². The van der Waals surface area contributed by atoms with Gasteiger partial charge in [0, 0.05) is 24.4 Å². The SMILES string of the molecule is C[C@H](C(=O)Nc1cc(C2CC2)n[nH]1)c1cn2cc(Cl)ccc2n1. The van der Waals surface area contributed by atoms with E-state index in [1.54, 1.807) is 12.3 Å². The van der Waals surface area contributed by atoms with E-state index in [1.807, 2.05) is 29.7 Å². The molecule has 0 spiro atoms. The Morgan fingerprint density at radius 2 is 2.26 bits per heavy atom. The van der Waals surface area contributed by atoms with Crippen molar-refractivity contribution in [2.75, 3.05) is 5.32 Å². The van der Waals surface area contributed by atoms with Gasteiger partial charge in [-0.25, -0.2) is 4.98 Å². The fourth-order valence-corrected chi connectivity index (χ4v) is 2.73. The van der Waals surface area contributed by atoms with Gasteiger partial charge >= 0.3 is 0 Å². The van der Waals surface area contributed by atoms with Crippen molar-refractivity contribution in [3.8, 4) is 0 Å². The molecule has 0 unspecified atom stereocenters. The fourth-order valence-electron chi connectivity index (χ4n) is 2.56. The standard InChI is InChI=1S/C16H16ClN5O/c1-9(13-8-22-7-11(17)4-5-15(22)18-13)16(23)19-14-6-12(20-21-14)10-2-3-10/h4-10H,2-3H2,1H3,(H2,19,20,21,23)/t9-/m0/s1. The summed E-state index contributed by atoms with van der Waals surface area (Å²) in [5.74, 6) is 0.694. The number of nitrogens with one attached hydrogen (secondary N) is 2. The summed E-state index contributed by atoms with van der Waals surface area (Å²) in [6, 6.07) is 5.52. The number of fused-ring (bicyclic) bond motifs is 1. The zero-order valence-corrected chi connectivity index (χ0v) is 13.3. The normalized spacial score (nSPS) is 15.7. The van der Waals surface area contributed by atoms with Crippen LogP contribution in [0.3, 0.4) is 0 Å². The van der Waals surface area contributed by atoms with E-state index in [-0.39, 0.29) is 11.8 Å². The molecule has 1 aliphatic rings. The first kappa shape index (κ1) is 14.3. The highest BCUT2D eigenvalue weighted by Crippen LogP contribution is 2.39. The molecule has 118 valence electrons. The number of aromatic amines is 1. The third-order valence-electron chi connectivity index (χ3n) is 4.12. The molecule has 1 amide bonds. The molecule has 1 aliphatic carbocycles. The summed E-state index contributed by atoms with van der Waals surface area (Å²) in [5.41, 5.74) is 2.49. The van der Waals surface area contributed by atoms with Gasteiger partial charge in [0.05, 0.1) is 22.3 Å². The number of pyridine rings is 1. The Hall–Kier alpha value is -2.34. The van der Waals surface area contributed by atoms with Crippen LogP contribution in [0.25, 0.3) is 5.65 Å². The molecule has 0 aliphatic heterocycles. The maximum absolute atomic E-state index is 12.4. The summed E-state index contributed by atoms with van der Waals surface area (Å²) in [5, 5.41) is 10.6. The molecule has 0 saturated heterocycles. The van der Waals surface area contributed by atoms with E-state index >= 15 is 0 Å². The molecule has 0 aromatic carbocycles. The predicted molar refractivity (Wildman–Crippen MR) is 87.8 cm³/mol. The molecule has 1 saturated carbocycles. The number of carbonyl (C=O) groups is 1. The summed E-state index contributed by atoms with van der Waals surface area (Å²) >= 11 is 5.97. The minimum atomic E-state index is -0.374. The summed E-state index contributed by atoms with van der Waals surface area (Å²) in [6.45, 7) is 1.83. The Labute approximate surface area is 137 Å². The van der Waals surface area contributed by atoms with Gasteiger partial charge in [-0.3, -0.25) is 9.89 Å². The zero-order valence-electron chi connectivity index (χ0n) is 12.6. The number of aromatic nitrogens is 4. The van der Waals surface area contributed by atoms with Crippen LogP contribution in [-0.4, -0.2) is 25.5 Å². The van der Waals surface area contributed by atoms with E-state index in [1.165, 1.54) is 12.8 Å². The van der Waals surface area contributed by atoms with E-state index in [9.17, 15) is 4.79 Å². The molecule has 0 radical (unpaired) electrons. The van der Waals surface area contributed by atoms with Crippen LogP contribution in [0.15, 0.2) is 30.6 Å². The summed E-state index contributed by atoms with van der Waals surface area (Å²) in [7, 11) is 0. The monoisotopic (exact) mass is 329 g/mol. The number of H-pyrrole nitrogens is 1. The minimum Gasteiger partial charge on any atom is -0.311 e. The summed E-state index contributed by atoms with van der Waals surface area (Å²) in [4.78, 5) is 16.9. The van der Waals surface area contributed by atoms with Gasteiger partial charge < -0.3 is 9.72 Å². The molecular formula is C16H16ClN5O. The third-order valence-corrected chi connectivity index (χ3v) is 4.35. The Balaban J connectivity index is 1.51. The highest BCUT2D eigenvalue weighted by Gasteiger charge is 2.27. The second kappa shape index (κ2) is 5.38. The first-order valence-corrected chi connectivity index (χ1v) is 7.98. The lowest BCUT2D eigenvalue weighted by molar-refractivity contribution is -0.117. The largest absolute Gasteiger partial charge is 0.311 e. The maximum Gasteiger partial charge on any atom is 0.234 e. The first-order valence-electron chi connectivity index (χ1n) is 7.60. The maximum atomic E-state index is 12.4. The smallest absolute Gasteiger partial charge is 0.234 e.